The highest BCUT2D eigenvalue weighted by molar-refractivity contribution is 6.31. The molecule has 0 aliphatic heterocycles. The molecular formula is C16H11ClF3N3O2. The Balaban J connectivity index is 1.94. The van der Waals surface area contributed by atoms with Crippen molar-refractivity contribution in [2.75, 3.05) is 6.61 Å². The van der Waals surface area contributed by atoms with Gasteiger partial charge in [-0.25, -0.2) is 4.98 Å². The molecule has 0 bridgehead atoms. The Kier molecular flexibility index (Phi) is 5.83. The molecule has 0 aliphatic carbocycles. The van der Waals surface area contributed by atoms with E-state index < -0.39 is 18.7 Å². The molecule has 25 heavy (non-hydrogen) atoms. The topological polar surface area (TPSA) is 75.0 Å². The molecule has 0 saturated heterocycles. The summed E-state index contributed by atoms with van der Waals surface area (Å²) < 4.78 is 40.6. The number of rotatable bonds is 5. The smallest absolute Gasteiger partial charge is 0.422 e. The Morgan fingerprint density at radius 3 is 2.64 bits per heavy atom. The molecule has 9 heteroatoms. The van der Waals surface area contributed by atoms with Crippen LogP contribution in [0.5, 0.6) is 5.88 Å². The van der Waals surface area contributed by atoms with Crippen molar-refractivity contribution in [2.24, 2.45) is 0 Å². The number of nitrogens with one attached hydrogen (secondary N) is 1. The lowest BCUT2D eigenvalue weighted by atomic mass is 10.1. The normalized spacial score (nSPS) is 10.8. The molecule has 1 heterocycles. The summed E-state index contributed by atoms with van der Waals surface area (Å²) in [5.74, 6) is -0.709. The number of nitriles is 1. The Morgan fingerprint density at radius 1 is 1.32 bits per heavy atom. The van der Waals surface area contributed by atoms with Gasteiger partial charge in [0.2, 0.25) is 5.88 Å². The predicted octanol–water partition coefficient (Wildman–Crippen LogP) is 3.48. The lowest BCUT2D eigenvalue weighted by Gasteiger charge is -2.09. The average molecular weight is 370 g/mol. The first-order valence-corrected chi connectivity index (χ1v) is 7.28. The van der Waals surface area contributed by atoms with Gasteiger partial charge in [-0.05, 0) is 23.8 Å². The number of aromatic nitrogens is 1. The minimum atomic E-state index is -4.46. The third-order valence-corrected chi connectivity index (χ3v) is 3.36. The highest BCUT2D eigenvalue weighted by Gasteiger charge is 2.28. The van der Waals surface area contributed by atoms with E-state index in [1.54, 1.807) is 12.1 Å². The highest BCUT2D eigenvalue weighted by atomic mass is 35.5. The van der Waals surface area contributed by atoms with E-state index in [1.165, 1.54) is 18.2 Å². The molecule has 1 N–H and O–H groups in total. The quantitative estimate of drug-likeness (QED) is 0.875. The third kappa shape index (κ3) is 5.65. The number of nitrogens with zero attached hydrogens (tertiary/aromatic N) is 2. The number of carbonyl (C=O) groups is 1. The van der Waals surface area contributed by atoms with Crippen LogP contribution in [0.4, 0.5) is 13.2 Å². The van der Waals surface area contributed by atoms with E-state index in [9.17, 15) is 18.0 Å². The fraction of sp³-hybridized carbons (Fsp3) is 0.188. The van der Waals surface area contributed by atoms with Gasteiger partial charge in [0.15, 0.2) is 6.61 Å². The maximum absolute atomic E-state index is 12.0. The van der Waals surface area contributed by atoms with Crippen LogP contribution in [-0.4, -0.2) is 23.7 Å². The largest absolute Gasteiger partial charge is 0.468 e. The zero-order valence-electron chi connectivity index (χ0n) is 12.6. The van der Waals surface area contributed by atoms with Gasteiger partial charge in [0, 0.05) is 23.8 Å². The lowest BCUT2D eigenvalue weighted by molar-refractivity contribution is -0.154. The number of alkyl halides is 3. The Morgan fingerprint density at radius 2 is 2.08 bits per heavy atom. The first-order valence-electron chi connectivity index (χ1n) is 6.91. The van der Waals surface area contributed by atoms with Crippen molar-refractivity contribution in [3.8, 4) is 11.9 Å². The van der Waals surface area contributed by atoms with Crippen molar-refractivity contribution in [3.05, 3.63) is 58.2 Å². The van der Waals surface area contributed by atoms with E-state index in [4.69, 9.17) is 16.9 Å². The van der Waals surface area contributed by atoms with Crippen LogP contribution in [0.2, 0.25) is 5.02 Å². The summed E-state index contributed by atoms with van der Waals surface area (Å²) in [5.41, 5.74) is 1.18. The van der Waals surface area contributed by atoms with Crippen LogP contribution in [0, 0.1) is 11.3 Å². The van der Waals surface area contributed by atoms with Crippen molar-refractivity contribution in [2.45, 2.75) is 12.7 Å². The molecule has 5 nitrogen and oxygen atoms in total. The Hall–Kier alpha value is -2.79. The molecular weight excluding hydrogens is 359 g/mol. The van der Waals surface area contributed by atoms with E-state index >= 15 is 0 Å². The number of benzene rings is 1. The van der Waals surface area contributed by atoms with E-state index in [-0.39, 0.29) is 18.0 Å². The maximum Gasteiger partial charge on any atom is 0.422 e. The molecule has 0 fully saturated rings. The molecule has 0 unspecified atom stereocenters. The van der Waals surface area contributed by atoms with Crippen LogP contribution in [-0.2, 0) is 6.54 Å². The van der Waals surface area contributed by atoms with Gasteiger partial charge in [-0.15, -0.1) is 0 Å². The zero-order chi connectivity index (χ0) is 18.4. The molecule has 130 valence electrons. The molecule has 0 aliphatic rings. The molecule has 2 aromatic rings. The zero-order valence-corrected chi connectivity index (χ0v) is 13.4. The molecule has 0 atom stereocenters. The molecule has 1 aromatic carbocycles. The summed E-state index contributed by atoms with van der Waals surface area (Å²) in [6.45, 7) is -1.33. The summed E-state index contributed by atoms with van der Waals surface area (Å²) in [6, 6.07) is 9.10. The molecule has 1 aromatic heterocycles. The molecule has 0 spiro atoms. The summed E-state index contributed by atoms with van der Waals surface area (Å²) in [5, 5.41) is 11.7. The van der Waals surface area contributed by atoms with Crippen LogP contribution < -0.4 is 10.1 Å². The van der Waals surface area contributed by atoms with Crippen molar-refractivity contribution < 1.29 is 22.7 Å². The van der Waals surface area contributed by atoms with Gasteiger partial charge in [-0.1, -0.05) is 17.7 Å². The summed E-state index contributed by atoms with van der Waals surface area (Å²) >= 11 is 6.01. The minimum absolute atomic E-state index is 0.121. The minimum Gasteiger partial charge on any atom is -0.468 e. The van der Waals surface area contributed by atoms with Crippen molar-refractivity contribution in [1.82, 2.24) is 10.3 Å². The fourth-order valence-electron chi connectivity index (χ4n) is 1.79. The summed E-state index contributed by atoms with van der Waals surface area (Å²) in [7, 11) is 0. The third-order valence-electron chi connectivity index (χ3n) is 3.00. The van der Waals surface area contributed by atoms with E-state index in [1.807, 2.05) is 6.07 Å². The van der Waals surface area contributed by atoms with Crippen LogP contribution in [0.1, 0.15) is 21.5 Å². The molecule has 0 radical (unpaired) electrons. The molecule has 1 amide bonds. The first kappa shape index (κ1) is 18.5. The number of halogens is 4. The molecule has 2 rings (SSSR count). The summed E-state index contributed by atoms with van der Waals surface area (Å²) in [6.07, 6.45) is -3.35. The van der Waals surface area contributed by atoms with E-state index in [0.717, 1.165) is 6.20 Å². The second kappa shape index (κ2) is 7.85. The Bertz CT molecular complexity index is 802. The number of ether oxygens (including phenoxy) is 1. The second-order valence-electron chi connectivity index (χ2n) is 4.89. The van der Waals surface area contributed by atoms with Crippen LogP contribution in [0.25, 0.3) is 0 Å². The van der Waals surface area contributed by atoms with Gasteiger partial charge in [-0.3, -0.25) is 4.79 Å². The maximum atomic E-state index is 12.0. The number of amides is 1. The highest BCUT2D eigenvalue weighted by Crippen LogP contribution is 2.18. The van der Waals surface area contributed by atoms with Gasteiger partial charge >= 0.3 is 6.18 Å². The van der Waals surface area contributed by atoms with Gasteiger partial charge in [0.1, 0.15) is 0 Å². The average Bonchev–Trinajstić information content (AvgIpc) is 2.58. The van der Waals surface area contributed by atoms with Crippen LogP contribution in [0.15, 0.2) is 36.5 Å². The van der Waals surface area contributed by atoms with Crippen molar-refractivity contribution >= 4 is 17.5 Å². The molecule has 0 saturated carbocycles. The van der Waals surface area contributed by atoms with Crippen molar-refractivity contribution in [3.63, 3.8) is 0 Å². The van der Waals surface area contributed by atoms with Crippen molar-refractivity contribution in [1.29, 1.82) is 5.26 Å². The predicted molar refractivity (Wildman–Crippen MR) is 83.1 cm³/mol. The van der Waals surface area contributed by atoms with E-state index in [0.29, 0.717) is 16.1 Å². The van der Waals surface area contributed by atoms with Crippen LogP contribution in [0.3, 0.4) is 0 Å². The number of pyridine rings is 1. The summed E-state index contributed by atoms with van der Waals surface area (Å²) in [4.78, 5) is 15.7. The first-order chi connectivity index (χ1) is 11.8. The fourth-order valence-corrected chi connectivity index (χ4v) is 2.04. The standard InChI is InChI=1S/C16H11ClF3N3O2/c17-13-5-10(6-21)1-2-11(13)7-23-15(24)12-3-4-14(22-8-12)25-9-16(18,19)20/h1-5,8H,7,9H2,(H,23,24). The lowest BCUT2D eigenvalue weighted by Crippen LogP contribution is -2.23. The Labute approximate surface area is 146 Å². The van der Waals surface area contributed by atoms with Crippen LogP contribution >= 0.6 is 11.6 Å². The number of carbonyl (C=O) groups excluding carboxylic acids is 1. The SMILES string of the molecule is N#Cc1ccc(CNC(=O)c2ccc(OCC(F)(F)F)nc2)c(Cl)c1. The number of hydrogen-bond acceptors (Lipinski definition) is 4. The van der Waals surface area contributed by atoms with E-state index in [2.05, 4.69) is 15.0 Å². The van der Waals surface area contributed by atoms with Gasteiger partial charge < -0.3 is 10.1 Å². The second-order valence-corrected chi connectivity index (χ2v) is 5.30. The monoisotopic (exact) mass is 369 g/mol. The van der Waals surface area contributed by atoms with Gasteiger partial charge in [0.05, 0.1) is 17.2 Å². The number of hydrogen-bond donors (Lipinski definition) is 1. The van der Waals surface area contributed by atoms with Gasteiger partial charge in [0.25, 0.3) is 5.91 Å². The van der Waals surface area contributed by atoms with Gasteiger partial charge in [-0.2, -0.15) is 18.4 Å².